The fourth-order valence-corrected chi connectivity index (χ4v) is 4.11. The lowest BCUT2D eigenvalue weighted by Gasteiger charge is -2.26. The third kappa shape index (κ3) is 2.81. The van der Waals surface area contributed by atoms with Gasteiger partial charge in [0.05, 0.1) is 17.2 Å². The number of nitrogens with one attached hydrogen (secondary N) is 1. The molecule has 21 heavy (non-hydrogen) atoms. The Kier molecular flexibility index (Phi) is 3.50. The maximum atomic E-state index is 13.4. The minimum Gasteiger partial charge on any atom is -0.303 e. The fraction of sp³-hybridized carbons (Fsp3) is 0.385. The van der Waals surface area contributed by atoms with Crippen LogP contribution in [-0.4, -0.2) is 28.9 Å². The van der Waals surface area contributed by atoms with E-state index in [1.165, 1.54) is 18.2 Å². The Balaban J connectivity index is 1.86. The highest BCUT2D eigenvalue weighted by Gasteiger charge is 2.30. The molecule has 1 unspecified atom stereocenters. The van der Waals surface area contributed by atoms with Crippen molar-refractivity contribution in [1.82, 2.24) is 20.1 Å². The van der Waals surface area contributed by atoms with Gasteiger partial charge in [0, 0.05) is 13.1 Å². The van der Waals surface area contributed by atoms with Gasteiger partial charge in [-0.1, -0.05) is 0 Å². The molecular formula is C13H15FN4O2S. The molecule has 0 spiro atoms. The minimum atomic E-state index is -3.31. The molecule has 0 amide bonds. The lowest BCUT2D eigenvalue weighted by Crippen LogP contribution is -2.30. The van der Waals surface area contributed by atoms with Gasteiger partial charge < -0.3 is 5.32 Å². The highest BCUT2D eigenvalue weighted by atomic mass is 32.2. The molecule has 1 N–H and O–H groups in total. The fourth-order valence-electron chi connectivity index (χ4n) is 2.50. The molecule has 1 atom stereocenters. The molecule has 8 heteroatoms. The monoisotopic (exact) mass is 310 g/mol. The maximum Gasteiger partial charge on any atom is 0.178 e. The summed E-state index contributed by atoms with van der Waals surface area (Å²) in [4.78, 5) is 4.31. The van der Waals surface area contributed by atoms with Crippen LogP contribution in [0.5, 0.6) is 0 Å². The lowest BCUT2D eigenvalue weighted by atomic mass is 10.0. The van der Waals surface area contributed by atoms with Crippen LogP contribution in [0.15, 0.2) is 29.4 Å². The van der Waals surface area contributed by atoms with Gasteiger partial charge in [0.2, 0.25) is 0 Å². The van der Waals surface area contributed by atoms with Crippen molar-refractivity contribution in [3.8, 4) is 0 Å². The van der Waals surface area contributed by atoms with Gasteiger partial charge in [-0.25, -0.2) is 17.8 Å². The Hall–Kier alpha value is -1.80. The first-order chi connectivity index (χ1) is 9.95. The van der Waals surface area contributed by atoms with Crippen LogP contribution in [0.25, 0.3) is 0 Å². The highest BCUT2D eigenvalue weighted by Crippen LogP contribution is 2.32. The van der Waals surface area contributed by atoms with Gasteiger partial charge in [-0.3, -0.25) is 4.68 Å². The highest BCUT2D eigenvalue weighted by molar-refractivity contribution is 7.91. The van der Waals surface area contributed by atoms with Crippen molar-refractivity contribution in [3.63, 3.8) is 0 Å². The number of fused-ring (bicyclic) bond motifs is 1. The first-order valence-corrected chi connectivity index (χ1v) is 8.21. The summed E-state index contributed by atoms with van der Waals surface area (Å²) in [6.07, 6.45) is 2.00. The molecule has 0 radical (unpaired) electrons. The van der Waals surface area contributed by atoms with Crippen molar-refractivity contribution in [2.24, 2.45) is 7.05 Å². The molecule has 1 aromatic heterocycles. The predicted octanol–water partition coefficient (Wildman–Crippen LogP) is 0.963. The number of nitrogens with zero attached hydrogens (tertiary/aromatic N) is 3. The number of sulfone groups is 1. The summed E-state index contributed by atoms with van der Waals surface area (Å²) in [5.41, 5.74) is 0.484. The van der Waals surface area contributed by atoms with Crippen LogP contribution < -0.4 is 5.32 Å². The predicted molar refractivity (Wildman–Crippen MR) is 73.7 cm³/mol. The Bertz CT molecular complexity index is 772. The van der Waals surface area contributed by atoms with Crippen LogP contribution in [0, 0.1) is 5.82 Å². The van der Waals surface area contributed by atoms with E-state index in [4.69, 9.17) is 0 Å². The molecule has 1 aliphatic rings. The van der Waals surface area contributed by atoms with Crippen molar-refractivity contribution in [1.29, 1.82) is 0 Å². The first kappa shape index (κ1) is 14.2. The van der Waals surface area contributed by atoms with E-state index >= 15 is 0 Å². The molecule has 2 aromatic rings. The molecule has 0 saturated heterocycles. The van der Waals surface area contributed by atoms with Gasteiger partial charge >= 0.3 is 0 Å². The summed E-state index contributed by atoms with van der Waals surface area (Å²) >= 11 is 0. The Morgan fingerprint density at radius 1 is 1.48 bits per heavy atom. The Morgan fingerprint density at radius 2 is 2.29 bits per heavy atom. The lowest BCUT2D eigenvalue weighted by molar-refractivity contribution is 0.479. The molecule has 1 aromatic carbocycles. The second-order valence-corrected chi connectivity index (χ2v) is 7.14. The van der Waals surface area contributed by atoms with Gasteiger partial charge in [0.1, 0.15) is 12.1 Å². The average Bonchev–Trinajstić information content (AvgIpc) is 2.83. The van der Waals surface area contributed by atoms with E-state index in [0.717, 1.165) is 0 Å². The minimum absolute atomic E-state index is 0.0545. The van der Waals surface area contributed by atoms with E-state index in [0.29, 0.717) is 24.4 Å². The molecule has 3 rings (SSSR count). The summed E-state index contributed by atoms with van der Waals surface area (Å²) in [6, 6.07) is 3.59. The topological polar surface area (TPSA) is 76.9 Å². The van der Waals surface area contributed by atoms with E-state index in [1.807, 2.05) is 0 Å². The van der Waals surface area contributed by atoms with Crippen LogP contribution in [0.2, 0.25) is 0 Å². The van der Waals surface area contributed by atoms with Gasteiger partial charge in [-0.15, -0.1) is 0 Å². The SMILES string of the molecule is Cn1cnc(CNC2CCS(=O)(=O)c3ccc(F)cc32)n1. The van der Waals surface area contributed by atoms with E-state index in [-0.39, 0.29) is 16.7 Å². The van der Waals surface area contributed by atoms with E-state index in [1.54, 1.807) is 18.1 Å². The van der Waals surface area contributed by atoms with Crippen molar-refractivity contribution < 1.29 is 12.8 Å². The van der Waals surface area contributed by atoms with Crippen LogP contribution in [0.4, 0.5) is 4.39 Å². The molecule has 0 bridgehead atoms. The molecule has 2 heterocycles. The van der Waals surface area contributed by atoms with Crippen molar-refractivity contribution >= 4 is 9.84 Å². The molecule has 1 aliphatic heterocycles. The zero-order valence-electron chi connectivity index (χ0n) is 11.5. The smallest absolute Gasteiger partial charge is 0.178 e. The van der Waals surface area contributed by atoms with Crippen molar-refractivity contribution in [2.45, 2.75) is 23.9 Å². The first-order valence-electron chi connectivity index (χ1n) is 6.56. The number of benzene rings is 1. The van der Waals surface area contributed by atoms with Gasteiger partial charge in [0.15, 0.2) is 15.7 Å². The van der Waals surface area contributed by atoms with Crippen LogP contribution in [0.3, 0.4) is 0 Å². The molecular weight excluding hydrogens is 295 g/mol. The zero-order valence-corrected chi connectivity index (χ0v) is 12.3. The summed E-state index contributed by atoms with van der Waals surface area (Å²) in [5, 5.41) is 7.35. The molecule has 112 valence electrons. The standard InChI is InChI=1S/C13H15FN4O2S/c1-18-8-16-13(17-18)7-15-11-4-5-21(19,20)12-3-2-9(14)6-10(11)12/h2-3,6,8,11,15H,4-5,7H2,1H3. The summed E-state index contributed by atoms with van der Waals surface area (Å²) in [6.45, 7) is 0.404. The van der Waals surface area contributed by atoms with Gasteiger partial charge in [-0.05, 0) is 30.2 Å². The van der Waals surface area contributed by atoms with Crippen molar-refractivity contribution in [2.75, 3.05) is 5.75 Å². The van der Waals surface area contributed by atoms with E-state index < -0.39 is 15.7 Å². The number of rotatable bonds is 3. The van der Waals surface area contributed by atoms with Crippen LogP contribution in [-0.2, 0) is 23.4 Å². The van der Waals surface area contributed by atoms with Crippen LogP contribution in [0.1, 0.15) is 23.9 Å². The molecule has 6 nitrogen and oxygen atoms in total. The number of aromatic nitrogens is 3. The van der Waals surface area contributed by atoms with Crippen LogP contribution >= 0.6 is 0 Å². The summed E-state index contributed by atoms with van der Waals surface area (Å²) < 4.78 is 39.1. The largest absolute Gasteiger partial charge is 0.303 e. The normalized spacial score (nSPS) is 20.2. The second kappa shape index (κ2) is 5.19. The number of hydrogen-bond donors (Lipinski definition) is 1. The second-order valence-electron chi connectivity index (χ2n) is 5.06. The van der Waals surface area contributed by atoms with E-state index in [9.17, 15) is 12.8 Å². The third-order valence-corrected chi connectivity index (χ3v) is 5.33. The maximum absolute atomic E-state index is 13.4. The quantitative estimate of drug-likeness (QED) is 0.855. The molecule has 0 aliphatic carbocycles. The summed E-state index contributed by atoms with van der Waals surface area (Å²) in [5.74, 6) is 0.233. The zero-order chi connectivity index (χ0) is 15.0. The molecule has 0 fully saturated rings. The number of hydrogen-bond acceptors (Lipinski definition) is 5. The number of halogens is 1. The Labute approximate surface area is 121 Å². The van der Waals surface area contributed by atoms with Gasteiger partial charge in [-0.2, -0.15) is 5.10 Å². The average molecular weight is 310 g/mol. The molecule has 0 saturated carbocycles. The summed E-state index contributed by atoms with van der Waals surface area (Å²) in [7, 11) is -1.54. The van der Waals surface area contributed by atoms with E-state index in [2.05, 4.69) is 15.4 Å². The van der Waals surface area contributed by atoms with Gasteiger partial charge in [0.25, 0.3) is 0 Å². The number of aryl methyl sites for hydroxylation is 1. The van der Waals surface area contributed by atoms with Crippen molar-refractivity contribution in [3.05, 3.63) is 41.7 Å². The Morgan fingerprint density at radius 3 is 3.00 bits per heavy atom. The third-order valence-electron chi connectivity index (χ3n) is 3.51.